The molecule has 0 aliphatic carbocycles. The van der Waals surface area contributed by atoms with Crippen molar-refractivity contribution < 1.29 is 37.0 Å². The number of alkyl halides is 3. The molecule has 1 aromatic heterocycles. The second kappa shape index (κ2) is 10.0. The number of hydrogen-bond acceptors (Lipinski definition) is 6. The summed E-state index contributed by atoms with van der Waals surface area (Å²) in [6.45, 7) is 1.21. The van der Waals surface area contributed by atoms with Crippen molar-refractivity contribution in [1.29, 1.82) is 0 Å². The Kier molecular flexibility index (Phi) is 7.26. The van der Waals surface area contributed by atoms with E-state index in [9.17, 15) is 27.9 Å². The lowest BCUT2D eigenvalue weighted by Gasteiger charge is -2.37. The van der Waals surface area contributed by atoms with Crippen LogP contribution in [0.3, 0.4) is 0 Å². The van der Waals surface area contributed by atoms with Crippen LogP contribution in [0.25, 0.3) is 22.2 Å². The van der Waals surface area contributed by atoms with E-state index in [1.807, 2.05) is 0 Å². The number of rotatable bonds is 5. The second-order valence-corrected chi connectivity index (χ2v) is 9.35. The number of aliphatic hydroxyl groups is 1. The third-order valence-corrected chi connectivity index (χ3v) is 7.01. The normalized spacial score (nSPS) is 14.2. The first-order valence-electron chi connectivity index (χ1n) is 11.0. The monoisotopic (exact) mass is 569 g/mol. The van der Waals surface area contributed by atoms with Crippen molar-refractivity contribution >= 4 is 40.5 Å². The number of hydrogen-bond donors (Lipinski definition) is 1. The molecular weight excluding hydrogens is 550 g/mol. The van der Waals surface area contributed by atoms with Gasteiger partial charge in [0.15, 0.2) is 16.9 Å². The van der Waals surface area contributed by atoms with Crippen molar-refractivity contribution in [2.75, 3.05) is 7.11 Å². The number of aryl methyl sites for hydroxylation is 1. The first-order valence-corrected chi connectivity index (χ1v) is 11.8. The molecule has 4 rings (SSSR count). The van der Waals surface area contributed by atoms with E-state index in [2.05, 4.69) is 4.74 Å². The fourth-order valence-electron chi connectivity index (χ4n) is 4.20. The third-order valence-electron chi connectivity index (χ3n) is 6.38. The number of carbonyl (C=O) groups is 1. The molecule has 200 valence electrons. The van der Waals surface area contributed by atoms with E-state index in [1.165, 1.54) is 50.4 Å². The summed E-state index contributed by atoms with van der Waals surface area (Å²) >= 11 is 12.6. The van der Waals surface area contributed by atoms with E-state index in [-0.39, 0.29) is 32.5 Å². The number of carbonyl (C=O) groups excluding carboxylic acids is 1. The average molecular weight is 570 g/mol. The van der Waals surface area contributed by atoms with E-state index in [0.29, 0.717) is 11.1 Å². The van der Waals surface area contributed by atoms with Gasteiger partial charge in [-0.2, -0.15) is 13.2 Å². The Morgan fingerprint density at radius 2 is 1.66 bits per heavy atom. The molecule has 3 aromatic carbocycles. The minimum Gasteiger partial charge on any atom is -0.437 e. The molecule has 2 unspecified atom stereocenters. The van der Waals surface area contributed by atoms with Crippen LogP contribution in [-0.2, 0) is 17.4 Å². The van der Waals surface area contributed by atoms with Crippen LogP contribution < -0.4 is 10.5 Å². The highest BCUT2D eigenvalue weighted by Gasteiger charge is 2.59. The molecule has 0 spiro atoms. The number of ether oxygens (including phenoxy) is 2. The molecule has 0 bridgehead atoms. The van der Waals surface area contributed by atoms with Crippen LogP contribution in [0.2, 0.25) is 10.0 Å². The van der Waals surface area contributed by atoms with Gasteiger partial charge >= 0.3 is 18.1 Å². The number of oxazole rings is 1. The van der Waals surface area contributed by atoms with E-state index in [4.69, 9.17) is 32.4 Å². The maximum atomic E-state index is 14.5. The van der Waals surface area contributed by atoms with Crippen molar-refractivity contribution in [2.45, 2.75) is 24.6 Å². The molecule has 2 atom stereocenters. The van der Waals surface area contributed by atoms with Gasteiger partial charge in [0.1, 0.15) is 0 Å². The van der Waals surface area contributed by atoms with Crippen LogP contribution in [-0.4, -0.2) is 29.1 Å². The van der Waals surface area contributed by atoms with Gasteiger partial charge in [-0.05, 0) is 52.6 Å². The molecule has 0 amide bonds. The number of methoxy groups -OCH3 is 1. The summed E-state index contributed by atoms with van der Waals surface area (Å²) < 4.78 is 58.8. The number of nitrogens with zero attached hydrogens (tertiary/aromatic N) is 1. The van der Waals surface area contributed by atoms with Gasteiger partial charge in [-0.15, -0.1) is 0 Å². The van der Waals surface area contributed by atoms with Gasteiger partial charge in [0.25, 0.3) is 0 Å². The number of fused-ring (bicyclic) bond motifs is 1. The average Bonchev–Trinajstić information content (AvgIpc) is 3.16. The number of aromatic nitrogens is 1. The molecule has 38 heavy (non-hydrogen) atoms. The highest BCUT2D eigenvalue weighted by atomic mass is 35.5. The lowest BCUT2D eigenvalue weighted by molar-refractivity contribution is -0.274. The molecule has 4 aromatic rings. The summed E-state index contributed by atoms with van der Waals surface area (Å²) in [6.07, 6.45) is -6.06. The minimum absolute atomic E-state index is 0.0273. The first kappa shape index (κ1) is 27.6. The summed E-state index contributed by atoms with van der Waals surface area (Å²) in [6, 6.07) is 12.2. The van der Waals surface area contributed by atoms with E-state index < -0.39 is 35.2 Å². The van der Waals surface area contributed by atoms with E-state index in [0.717, 1.165) is 23.8 Å². The lowest BCUT2D eigenvalue weighted by atomic mass is 9.77. The SMILES string of the molecule is COC(=O)Oc1ccc(-c2ccc(C(C)C(O)(c3ccc4oc(=O)n(C)c4c3)C(F)(F)F)c(Cl)c2)cc1Cl. The Hall–Kier alpha value is -3.47. The lowest BCUT2D eigenvalue weighted by Crippen LogP contribution is -2.46. The van der Waals surface area contributed by atoms with Gasteiger partial charge < -0.3 is 19.0 Å². The highest BCUT2D eigenvalue weighted by molar-refractivity contribution is 6.32. The van der Waals surface area contributed by atoms with Crippen molar-refractivity contribution in [3.05, 3.63) is 86.3 Å². The Morgan fingerprint density at radius 3 is 2.24 bits per heavy atom. The van der Waals surface area contributed by atoms with Crippen LogP contribution in [0.4, 0.5) is 18.0 Å². The Labute approximate surface area is 223 Å². The molecule has 0 aliphatic rings. The van der Waals surface area contributed by atoms with Crippen molar-refractivity contribution in [2.24, 2.45) is 7.05 Å². The summed E-state index contributed by atoms with van der Waals surface area (Å²) in [7, 11) is 2.50. The molecule has 0 saturated heterocycles. The van der Waals surface area contributed by atoms with Gasteiger partial charge in [-0.3, -0.25) is 4.57 Å². The Balaban J connectivity index is 1.74. The van der Waals surface area contributed by atoms with Gasteiger partial charge in [-0.25, -0.2) is 9.59 Å². The zero-order chi connectivity index (χ0) is 28.0. The van der Waals surface area contributed by atoms with Crippen molar-refractivity contribution in [1.82, 2.24) is 4.57 Å². The second-order valence-electron chi connectivity index (χ2n) is 8.53. The van der Waals surface area contributed by atoms with Gasteiger partial charge in [-0.1, -0.05) is 54.4 Å². The molecule has 0 radical (unpaired) electrons. The van der Waals surface area contributed by atoms with Crippen LogP contribution in [0.5, 0.6) is 5.75 Å². The quantitative estimate of drug-likeness (QED) is 0.210. The molecule has 0 aliphatic heterocycles. The Morgan fingerprint density at radius 1 is 1.03 bits per heavy atom. The third kappa shape index (κ3) is 4.75. The van der Waals surface area contributed by atoms with Gasteiger partial charge in [0.05, 0.1) is 17.6 Å². The van der Waals surface area contributed by atoms with Crippen LogP contribution in [0, 0.1) is 0 Å². The highest BCUT2D eigenvalue weighted by Crippen LogP contribution is 2.50. The van der Waals surface area contributed by atoms with Crippen LogP contribution in [0.15, 0.2) is 63.8 Å². The van der Waals surface area contributed by atoms with Crippen molar-refractivity contribution in [3.63, 3.8) is 0 Å². The predicted octanol–water partition coefficient (Wildman–Crippen LogP) is 6.80. The van der Waals surface area contributed by atoms with Gasteiger partial charge in [0, 0.05) is 18.0 Å². The van der Waals surface area contributed by atoms with Crippen LogP contribution >= 0.6 is 23.2 Å². The largest absolute Gasteiger partial charge is 0.513 e. The smallest absolute Gasteiger partial charge is 0.437 e. The summed E-state index contributed by atoms with van der Waals surface area (Å²) in [5, 5.41) is 11.3. The van der Waals surface area contributed by atoms with Gasteiger partial charge in [0.2, 0.25) is 0 Å². The number of halogens is 5. The fraction of sp³-hybridized carbons (Fsp3) is 0.231. The zero-order valence-corrected chi connectivity index (χ0v) is 21.6. The molecule has 1 N–H and O–H groups in total. The molecule has 0 saturated carbocycles. The summed E-state index contributed by atoms with van der Waals surface area (Å²) in [5.74, 6) is -2.24. The maximum Gasteiger partial charge on any atom is 0.513 e. The summed E-state index contributed by atoms with van der Waals surface area (Å²) in [4.78, 5) is 23.1. The maximum absolute atomic E-state index is 14.5. The molecule has 7 nitrogen and oxygen atoms in total. The minimum atomic E-state index is -5.10. The fourth-order valence-corrected chi connectivity index (χ4v) is 4.76. The molecule has 0 fully saturated rings. The molecule has 12 heteroatoms. The first-order chi connectivity index (χ1) is 17.8. The van der Waals surface area contributed by atoms with Crippen LogP contribution in [0.1, 0.15) is 24.0 Å². The summed E-state index contributed by atoms with van der Waals surface area (Å²) in [5.41, 5.74) is -2.55. The zero-order valence-electron chi connectivity index (χ0n) is 20.1. The van der Waals surface area contributed by atoms with E-state index >= 15 is 0 Å². The van der Waals surface area contributed by atoms with E-state index in [1.54, 1.807) is 6.07 Å². The number of benzene rings is 3. The molecular formula is C26H20Cl2F3NO6. The Bertz CT molecular complexity index is 1600. The standard InChI is InChI=1S/C26H20Cl2F3NO6/c1-13(25(35,26(29,30)31)16-6-9-22-20(12-16)32(2)23(33)37-22)17-7-4-14(10-18(17)27)15-5-8-21(19(28)11-15)38-24(34)36-3/h4-13,35H,1-3H3. The predicted molar refractivity (Wildman–Crippen MR) is 135 cm³/mol. The molecule has 1 heterocycles. The van der Waals surface area contributed by atoms with Crippen molar-refractivity contribution in [3.8, 4) is 16.9 Å². The topological polar surface area (TPSA) is 90.9 Å².